The first kappa shape index (κ1) is 30.5. The molecule has 0 aliphatic carbocycles. The summed E-state index contributed by atoms with van der Waals surface area (Å²) in [6.45, 7) is 10.1. The minimum atomic E-state index is -4.50. The molecule has 4 atom stereocenters. The molecule has 230 valence electrons. The molecule has 0 radical (unpaired) electrons. The van der Waals surface area contributed by atoms with Gasteiger partial charge in [0.25, 0.3) is 0 Å². The predicted molar refractivity (Wildman–Crippen MR) is 175 cm³/mol. The molecule has 2 aromatic heterocycles. The van der Waals surface area contributed by atoms with Gasteiger partial charge in [-0.2, -0.15) is 13.2 Å². The summed E-state index contributed by atoms with van der Waals surface area (Å²) >= 11 is 12.9. The maximum absolute atomic E-state index is 14.1. The number of rotatable bonds is 5. The molecule has 10 heteroatoms. The van der Waals surface area contributed by atoms with Gasteiger partial charge >= 0.3 is 6.18 Å². The monoisotopic (exact) mass is 637 g/mol. The standard InChI is InChI=1S/C34H35ClF3N5S/c1-20-15-21(2)19-41(18-20)30-13-12-24(17-27(30)35)43-32(31(40-33(43)44)28-10-7-8-14-39-28)25-16-22(3)42(23(25)4)29-11-6-5-9-26(29)34(36,37)38/h5-14,16-17,20-21,31-32H,15,18-19H2,1-4H3,(H,40,44)/t20-,21+,31-,32+/m1/s1. The molecule has 4 aromatic rings. The summed E-state index contributed by atoms with van der Waals surface area (Å²) in [4.78, 5) is 9.01. The number of anilines is 2. The number of para-hydroxylation sites is 1. The minimum absolute atomic E-state index is 0.0908. The summed E-state index contributed by atoms with van der Waals surface area (Å²) in [6, 6.07) is 18.6. The topological polar surface area (TPSA) is 36.3 Å². The van der Waals surface area contributed by atoms with E-state index in [-0.39, 0.29) is 11.7 Å². The van der Waals surface area contributed by atoms with Crippen molar-refractivity contribution in [1.29, 1.82) is 0 Å². The van der Waals surface area contributed by atoms with Crippen molar-refractivity contribution in [2.75, 3.05) is 22.9 Å². The Bertz CT molecular complexity index is 1680. The fourth-order valence-electron chi connectivity index (χ4n) is 7.08. The van der Waals surface area contributed by atoms with E-state index < -0.39 is 17.8 Å². The van der Waals surface area contributed by atoms with Crippen molar-refractivity contribution < 1.29 is 13.2 Å². The molecule has 2 aliphatic rings. The van der Waals surface area contributed by atoms with Gasteiger partial charge in [-0.15, -0.1) is 0 Å². The number of aromatic nitrogens is 2. The van der Waals surface area contributed by atoms with Crippen LogP contribution < -0.4 is 15.1 Å². The number of aryl methyl sites for hydroxylation is 1. The lowest BCUT2D eigenvalue weighted by Crippen LogP contribution is -2.38. The van der Waals surface area contributed by atoms with Crippen LogP contribution in [0.3, 0.4) is 0 Å². The van der Waals surface area contributed by atoms with Crippen molar-refractivity contribution in [3.8, 4) is 5.69 Å². The van der Waals surface area contributed by atoms with Gasteiger partial charge in [-0.3, -0.25) is 4.98 Å². The molecular formula is C34H35ClF3N5S. The molecule has 6 rings (SSSR count). The van der Waals surface area contributed by atoms with Crippen LogP contribution in [0.25, 0.3) is 5.69 Å². The van der Waals surface area contributed by atoms with Gasteiger partial charge in [0, 0.05) is 36.4 Å². The first-order valence-electron chi connectivity index (χ1n) is 14.8. The van der Waals surface area contributed by atoms with Crippen LogP contribution in [0, 0.1) is 25.7 Å². The van der Waals surface area contributed by atoms with Crippen LogP contribution in [0.2, 0.25) is 5.02 Å². The Kier molecular flexibility index (Phi) is 8.13. The highest BCUT2D eigenvalue weighted by Crippen LogP contribution is 2.46. The molecular weight excluding hydrogens is 603 g/mol. The van der Waals surface area contributed by atoms with Gasteiger partial charge in [0.15, 0.2) is 5.11 Å². The molecule has 2 aliphatic heterocycles. The number of thiocarbonyl (C=S) groups is 1. The lowest BCUT2D eigenvalue weighted by molar-refractivity contribution is -0.137. The maximum atomic E-state index is 14.1. The number of hydrogen-bond acceptors (Lipinski definition) is 3. The lowest BCUT2D eigenvalue weighted by atomic mass is 9.91. The van der Waals surface area contributed by atoms with E-state index in [4.69, 9.17) is 23.8 Å². The fourth-order valence-corrected chi connectivity index (χ4v) is 7.72. The van der Waals surface area contributed by atoms with Crippen LogP contribution >= 0.6 is 23.8 Å². The van der Waals surface area contributed by atoms with E-state index >= 15 is 0 Å². The molecule has 0 bridgehead atoms. The predicted octanol–water partition coefficient (Wildman–Crippen LogP) is 8.82. The van der Waals surface area contributed by atoms with E-state index in [2.05, 4.69) is 35.1 Å². The summed E-state index contributed by atoms with van der Waals surface area (Å²) in [5, 5.41) is 4.59. The van der Waals surface area contributed by atoms with Crippen molar-refractivity contribution in [1.82, 2.24) is 14.9 Å². The Labute approximate surface area is 266 Å². The van der Waals surface area contributed by atoms with E-state index in [1.54, 1.807) is 16.8 Å². The number of halogens is 4. The second kappa shape index (κ2) is 11.7. The number of nitrogens with one attached hydrogen (secondary N) is 1. The highest BCUT2D eigenvalue weighted by atomic mass is 35.5. The highest BCUT2D eigenvalue weighted by Gasteiger charge is 2.43. The van der Waals surface area contributed by atoms with Crippen LogP contribution in [0.1, 0.15) is 60.6 Å². The van der Waals surface area contributed by atoms with Crippen molar-refractivity contribution in [3.05, 3.63) is 106 Å². The van der Waals surface area contributed by atoms with Gasteiger partial charge in [-0.05, 0) is 98.4 Å². The maximum Gasteiger partial charge on any atom is 0.418 e. The number of hydrogen-bond donors (Lipinski definition) is 1. The zero-order valence-electron chi connectivity index (χ0n) is 25.1. The highest BCUT2D eigenvalue weighted by molar-refractivity contribution is 7.80. The third-order valence-corrected chi connectivity index (χ3v) is 9.37. The van der Waals surface area contributed by atoms with Crippen molar-refractivity contribution in [2.45, 2.75) is 52.4 Å². The Morgan fingerprint density at radius 1 is 0.932 bits per heavy atom. The van der Waals surface area contributed by atoms with Crippen molar-refractivity contribution in [3.63, 3.8) is 0 Å². The van der Waals surface area contributed by atoms with Crippen LogP contribution in [0.5, 0.6) is 0 Å². The molecule has 2 fully saturated rings. The Hall–Kier alpha value is -3.56. The zero-order chi connectivity index (χ0) is 31.3. The Balaban J connectivity index is 1.46. The van der Waals surface area contributed by atoms with Gasteiger partial charge in [0.1, 0.15) is 0 Å². The molecule has 0 unspecified atom stereocenters. The molecule has 0 amide bonds. The lowest BCUT2D eigenvalue weighted by Gasteiger charge is -2.37. The number of pyridine rings is 1. The number of nitrogens with zero attached hydrogens (tertiary/aromatic N) is 4. The summed E-state index contributed by atoms with van der Waals surface area (Å²) in [5.74, 6) is 1.15. The summed E-state index contributed by atoms with van der Waals surface area (Å²) in [5.41, 5.74) is 4.21. The first-order chi connectivity index (χ1) is 20.9. The third kappa shape index (κ3) is 5.56. The second-order valence-electron chi connectivity index (χ2n) is 12.2. The fraction of sp³-hybridized carbons (Fsp3) is 0.353. The van der Waals surface area contributed by atoms with Crippen LogP contribution in [0.15, 0.2) is 72.9 Å². The van der Waals surface area contributed by atoms with Crippen LogP contribution in [-0.4, -0.2) is 27.8 Å². The van der Waals surface area contributed by atoms with Gasteiger partial charge < -0.3 is 19.7 Å². The summed E-state index contributed by atoms with van der Waals surface area (Å²) in [7, 11) is 0. The average molecular weight is 638 g/mol. The van der Waals surface area contributed by atoms with Crippen molar-refractivity contribution in [2.24, 2.45) is 11.8 Å². The largest absolute Gasteiger partial charge is 0.418 e. The average Bonchev–Trinajstić information content (AvgIpc) is 3.47. The van der Waals surface area contributed by atoms with Crippen LogP contribution in [0.4, 0.5) is 24.5 Å². The van der Waals surface area contributed by atoms with Crippen LogP contribution in [-0.2, 0) is 6.18 Å². The number of benzene rings is 2. The number of alkyl halides is 3. The molecule has 4 heterocycles. The summed E-state index contributed by atoms with van der Waals surface area (Å²) in [6.07, 6.45) is -1.57. The molecule has 44 heavy (non-hydrogen) atoms. The molecule has 0 saturated carbocycles. The smallest absolute Gasteiger partial charge is 0.370 e. The first-order valence-corrected chi connectivity index (χ1v) is 15.6. The molecule has 0 spiro atoms. The van der Waals surface area contributed by atoms with E-state index in [0.717, 1.165) is 41.8 Å². The molecule has 2 saturated heterocycles. The Morgan fingerprint density at radius 2 is 1.64 bits per heavy atom. The van der Waals surface area contributed by atoms with Gasteiger partial charge in [-0.1, -0.05) is 43.6 Å². The number of piperidine rings is 1. The normalized spacial score (nSPS) is 22.4. The molecule has 1 N–H and O–H groups in total. The van der Waals surface area contributed by atoms with Gasteiger partial charge in [0.05, 0.1) is 39.7 Å². The second-order valence-corrected chi connectivity index (χ2v) is 13.0. The minimum Gasteiger partial charge on any atom is -0.370 e. The molecule has 5 nitrogen and oxygen atoms in total. The van der Waals surface area contributed by atoms with Gasteiger partial charge in [-0.25, -0.2) is 0 Å². The van der Waals surface area contributed by atoms with Gasteiger partial charge in [0.2, 0.25) is 0 Å². The van der Waals surface area contributed by atoms with E-state index in [9.17, 15) is 13.2 Å². The summed E-state index contributed by atoms with van der Waals surface area (Å²) < 4.78 is 44.0. The van der Waals surface area contributed by atoms with E-state index in [1.165, 1.54) is 18.6 Å². The van der Waals surface area contributed by atoms with E-state index in [0.29, 0.717) is 33.4 Å². The van der Waals surface area contributed by atoms with E-state index in [1.807, 2.05) is 55.1 Å². The zero-order valence-corrected chi connectivity index (χ0v) is 26.6. The Morgan fingerprint density at radius 3 is 2.30 bits per heavy atom. The molecule has 2 aromatic carbocycles. The van der Waals surface area contributed by atoms with Crippen molar-refractivity contribution >= 4 is 40.3 Å². The third-order valence-electron chi connectivity index (χ3n) is 8.76. The SMILES string of the molecule is Cc1cc([C@H]2[C@@H](c3ccccn3)NC(=S)N2c2ccc(N3C[C@H](C)C[C@H](C)C3)c(Cl)c2)c(C)n1-c1ccccc1C(F)(F)F. The quantitative estimate of drug-likeness (QED) is 0.221.